The van der Waals surface area contributed by atoms with Gasteiger partial charge in [-0.3, -0.25) is 0 Å². The molecule has 0 saturated heterocycles. The monoisotopic (exact) mass is 591 g/mol. The summed E-state index contributed by atoms with van der Waals surface area (Å²) in [5, 5.41) is 6.53. The summed E-state index contributed by atoms with van der Waals surface area (Å²) in [5.74, 6) is 0. The summed E-state index contributed by atoms with van der Waals surface area (Å²) >= 11 is 0. The highest BCUT2D eigenvalue weighted by Gasteiger charge is 2.36. The third-order valence-electron chi connectivity index (χ3n) is 10.0. The van der Waals surface area contributed by atoms with Gasteiger partial charge in [-0.15, -0.1) is 0 Å². The molecule has 10 rings (SSSR count). The Morgan fingerprint density at radius 3 is 2.13 bits per heavy atom. The van der Waals surface area contributed by atoms with Crippen molar-refractivity contribution in [2.75, 3.05) is 4.90 Å². The van der Waals surface area contributed by atoms with E-state index in [1.165, 1.54) is 27.6 Å². The van der Waals surface area contributed by atoms with Gasteiger partial charge in [-0.2, -0.15) is 0 Å². The maximum Gasteiger partial charge on any atom is 0.147 e. The topological polar surface area (TPSA) is 29.5 Å². The molecular formula is C43H29NO2. The quantitative estimate of drug-likeness (QED) is 0.205. The molecule has 2 aromatic heterocycles. The first-order valence-electron chi connectivity index (χ1n) is 15.9. The molecule has 7 aromatic carbocycles. The van der Waals surface area contributed by atoms with Crippen LogP contribution in [0.15, 0.2) is 148 Å². The van der Waals surface area contributed by atoms with E-state index in [-0.39, 0.29) is 5.41 Å². The second-order valence-electron chi connectivity index (χ2n) is 12.9. The van der Waals surface area contributed by atoms with Crippen molar-refractivity contribution in [3.8, 4) is 11.1 Å². The van der Waals surface area contributed by atoms with Crippen molar-refractivity contribution < 1.29 is 8.83 Å². The van der Waals surface area contributed by atoms with E-state index in [4.69, 9.17) is 8.83 Å². The molecular weight excluding hydrogens is 562 g/mol. The third-order valence-corrected chi connectivity index (χ3v) is 10.0. The molecule has 0 aliphatic heterocycles. The summed E-state index contributed by atoms with van der Waals surface area (Å²) in [4.78, 5) is 2.37. The summed E-state index contributed by atoms with van der Waals surface area (Å²) in [6, 6.07) is 49.7. The maximum atomic E-state index is 6.84. The Morgan fingerprint density at radius 2 is 1.22 bits per heavy atom. The Bertz CT molecular complexity index is 2670. The molecule has 0 atom stereocenters. The van der Waals surface area contributed by atoms with Gasteiger partial charge in [-0.05, 0) is 82.2 Å². The highest BCUT2D eigenvalue weighted by molar-refractivity contribution is 6.27. The first-order chi connectivity index (χ1) is 22.6. The summed E-state index contributed by atoms with van der Waals surface area (Å²) in [6.45, 7) is 4.67. The number of anilines is 3. The van der Waals surface area contributed by atoms with Gasteiger partial charge in [0.15, 0.2) is 0 Å². The van der Waals surface area contributed by atoms with Gasteiger partial charge >= 0.3 is 0 Å². The molecule has 218 valence electrons. The van der Waals surface area contributed by atoms with Gasteiger partial charge in [-0.1, -0.05) is 98.8 Å². The number of furan rings is 2. The molecule has 0 spiro atoms. The summed E-state index contributed by atoms with van der Waals surface area (Å²) < 4.78 is 13.4. The largest absolute Gasteiger partial charge is 0.456 e. The van der Waals surface area contributed by atoms with Crippen LogP contribution in [-0.2, 0) is 5.41 Å². The number of benzene rings is 7. The van der Waals surface area contributed by atoms with Crippen LogP contribution < -0.4 is 4.90 Å². The van der Waals surface area contributed by atoms with Crippen molar-refractivity contribution in [1.29, 1.82) is 0 Å². The first-order valence-corrected chi connectivity index (χ1v) is 15.9. The number of hydrogen-bond acceptors (Lipinski definition) is 3. The molecule has 0 N–H and O–H groups in total. The van der Waals surface area contributed by atoms with Crippen molar-refractivity contribution in [1.82, 2.24) is 0 Å². The molecule has 0 radical (unpaired) electrons. The van der Waals surface area contributed by atoms with E-state index in [2.05, 4.69) is 158 Å². The average molecular weight is 592 g/mol. The van der Waals surface area contributed by atoms with Crippen molar-refractivity contribution in [3.05, 3.63) is 151 Å². The van der Waals surface area contributed by atoms with Gasteiger partial charge < -0.3 is 13.7 Å². The van der Waals surface area contributed by atoms with Gasteiger partial charge in [0, 0.05) is 32.9 Å². The molecule has 3 heteroatoms. The van der Waals surface area contributed by atoms with Gasteiger partial charge in [0.05, 0.1) is 16.5 Å². The Morgan fingerprint density at radius 1 is 0.478 bits per heavy atom. The standard InChI is InChI=1S/C43H29NO2/c1-43(2)34-16-9-8-15-30(34)31-22-20-28(25-35(31)43)44(27-12-4-3-5-13-27)36-17-10-18-37-39(36)40-38(45-37)24-23-33-32-21-19-26-11-6-7-14-29(26)41(32)46-42(33)40/h3-25H,1-2H3. The average Bonchev–Trinajstić information content (AvgIpc) is 3.74. The summed E-state index contributed by atoms with van der Waals surface area (Å²) in [6.07, 6.45) is 0. The number of para-hydroxylation sites is 1. The van der Waals surface area contributed by atoms with Gasteiger partial charge in [0.1, 0.15) is 22.3 Å². The normalized spacial score (nSPS) is 13.6. The van der Waals surface area contributed by atoms with E-state index in [0.717, 1.165) is 66.3 Å². The van der Waals surface area contributed by atoms with Gasteiger partial charge in [-0.25, -0.2) is 0 Å². The highest BCUT2D eigenvalue weighted by Crippen LogP contribution is 2.52. The fourth-order valence-corrected chi connectivity index (χ4v) is 7.87. The van der Waals surface area contributed by atoms with Crippen LogP contribution in [0.1, 0.15) is 25.0 Å². The van der Waals surface area contributed by atoms with E-state index in [9.17, 15) is 0 Å². The minimum atomic E-state index is -0.109. The van der Waals surface area contributed by atoms with Crippen molar-refractivity contribution in [3.63, 3.8) is 0 Å². The van der Waals surface area contributed by atoms with Crippen LogP contribution >= 0.6 is 0 Å². The van der Waals surface area contributed by atoms with Crippen molar-refractivity contribution in [2.24, 2.45) is 0 Å². The zero-order valence-corrected chi connectivity index (χ0v) is 25.5. The Kier molecular flexibility index (Phi) is 5.06. The number of fused-ring (bicyclic) bond motifs is 12. The van der Waals surface area contributed by atoms with E-state index in [1.807, 2.05) is 0 Å². The van der Waals surface area contributed by atoms with Gasteiger partial charge in [0.25, 0.3) is 0 Å². The second kappa shape index (κ2) is 9.12. The molecule has 1 aliphatic rings. The van der Waals surface area contributed by atoms with Crippen LogP contribution in [0, 0.1) is 0 Å². The lowest BCUT2D eigenvalue weighted by atomic mass is 9.82. The molecule has 46 heavy (non-hydrogen) atoms. The van der Waals surface area contributed by atoms with E-state index in [1.54, 1.807) is 0 Å². The van der Waals surface area contributed by atoms with Crippen LogP contribution in [0.3, 0.4) is 0 Å². The molecule has 0 fully saturated rings. The SMILES string of the molecule is CC1(C)c2ccccc2-c2ccc(N(c3ccccc3)c3cccc4oc5ccc6c7ccc8ccccc8c7oc6c5c34)cc21. The molecule has 0 unspecified atom stereocenters. The molecule has 2 heterocycles. The number of rotatable bonds is 3. The number of nitrogens with zero attached hydrogens (tertiary/aromatic N) is 1. The van der Waals surface area contributed by atoms with E-state index in [0.29, 0.717) is 0 Å². The third kappa shape index (κ3) is 3.37. The van der Waals surface area contributed by atoms with Crippen LogP contribution in [0.2, 0.25) is 0 Å². The minimum Gasteiger partial charge on any atom is -0.456 e. The molecule has 3 nitrogen and oxygen atoms in total. The summed E-state index contributed by atoms with van der Waals surface area (Å²) in [5.41, 5.74) is 11.9. The molecule has 0 saturated carbocycles. The molecule has 1 aliphatic carbocycles. The summed E-state index contributed by atoms with van der Waals surface area (Å²) in [7, 11) is 0. The lowest BCUT2D eigenvalue weighted by Crippen LogP contribution is -2.16. The van der Waals surface area contributed by atoms with Crippen LogP contribution in [0.5, 0.6) is 0 Å². The second-order valence-corrected chi connectivity index (χ2v) is 12.9. The van der Waals surface area contributed by atoms with Crippen LogP contribution in [0.4, 0.5) is 17.1 Å². The van der Waals surface area contributed by atoms with Crippen LogP contribution in [-0.4, -0.2) is 0 Å². The van der Waals surface area contributed by atoms with E-state index >= 15 is 0 Å². The maximum absolute atomic E-state index is 6.84. The molecule has 0 amide bonds. The lowest BCUT2D eigenvalue weighted by molar-refractivity contribution is 0.660. The Balaban J connectivity index is 1.28. The van der Waals surface area contributed by atoms with Crippen LogP contribution in [0.25, 0.3) is 65.8 Å². The molecule has 0 bridgehead atoms. The zero-order valence-electron chi connectivity index (χ0n) is 25.5. The number of hydrogen-bond donors (Lipinski definition) is 0. The highest BCUT2D eigenvalue weighted by atomic mass is 16.3. The van der Waals surface area contributed by atoms with E-state index < -0.39 is 0 Å². The first kappa shape index (κ1) is 25.5. The van der Waals surface area contributed by atoms with Crippen molar-refractivity contribution in [2.45, 2.75) is 19.3 Å². The minimum absolute atomic E-state index is 0.109. The lowest BCUT2D eigenvalue weighted by Gasteiger charge is -2.28. The smallest absolute Gasteiger partial charge is 0.147 e. The molecule has 9 aromatic rings. The van der Waals surface area contributed by atoms with Gasteiger partial charge in [0.2, 0.25) is 0 Å². The Hall–Kier alpha value is -5.80. The predicted molar refractivity (Wildman–Crippen MR) is 191 cm³/mol. The fourth-order valence-electron chi connectivity index (χ4n) is 7.87. The zero-order chi connectivity index (χ0) is 30.6. The Labute approximate surface area is 265 Å². The van der Waals surface area contributed by atoms with Crippen molar-refractivity contribution >= 4 is 71.7 Å². The predicted octanol–water partition coefficient (Wildman–Crippen LogP) is 12.4. The fraction of sp³-hybridized carbons (Fsp3) is 0.0698.